The van der Waals surface area contributed by atoms with Crippen LogP contribution in [-0.4, -0.2) is 111 Å². The average Bonchev–Trinajstić information content (AvgIpc) is 2.59. The summed E-state index contributed by atoms with van der Waals surface area (Å²) in [6.07, 6.45) is 1.10. The second kappa shape index (κ2) is 18.1. The van der Waals surface area contributed by atoms with Crippen LogP contribution in [0.3, 0.4) is 0 Å². The van der Waals surface area contributed by atoms with Crippen molar-refractivity contribution in [3.05, 3.63) is 0 Å². The maximum atomic E-state index is 10.0. The van der Waals surface area contributed by atoms with Gasteiger partial charge < -0.3 is 36.1 Å². The van der Waals surface area contributed by atoms with Crippen molar-refractivity contribution < 1.29 is 19.7 Å². The fraction of sp³-hybridized carbons (Fsp3) is 1.00. The van der Waals surface area contributed by atoms with Gasteiger partial charge in [-0.1, -0.05) is 13.8 Å². The van der Waals surface area contributed by atoms with Gasteiger partial charge in [0.05, 0.1) is 38.6 Å². The highest BCUT2D eigenvalue weighted by molar-refractivity contribution is 4.66. The monoisotopic (exact) mass is 378 g/mol. The number of hydrogen-bond acceptors (Lipinski definition) is 8. The maximum absolute atomic E-state index is 10.0. The Balaban J connectivity index is 3.72. The number of hydrogen-bond donors (Lipinski definition) is 4. The molecule has 0 heterocycles. The normalized spacial score (nSPS) is 14.3. The predicted molar refractivity (Wildman–Crippen MR) is 105 cm³/mol. The molecular formula is C18H42N4O4. The Hall–Kier alpha value is -0.320. The third kappa shape index (κ3) is 14.8. The highest BCUT2D eigenvalue weighted by Gasteiger charge is 2.12. The number of nitrogens with zero attached hydrogens (tertiary/aromatic N) is 2. The van der Waals surface area contributed by atoms with Gasteiger partial charge in [-0.05, 0) is 25.9 Å². The number of nitrogens with two attached hydrogens (primary N) is 2. The third-order valence-corrected chi connectivity index (χ3v) is 3.90. The molecule has 2 atom stereocenters. The zero-order valence-corrected chi connectivity index (χ0v) is 16.8. The fourth-order valence-corrected chi connectivity index (χ4v) is 2.84. The molecule has 158 valence electrons. The first-order valence-corrected chi connectivity index (χ1v) is 9.93. The molecule has 0 saturated heterocycles. The molecule has 0 amide bonds. The van der Waals surface area contributed by atoms with Gasteiger partial charge in [0.15, 0.2) is 0 Å². The molecule has 0 aliphatic carbocycles. The summed E-state index contributed by atoms with van der Waals surface area (Å²) < 4.78 is 10.9. The summed E-state index contributed by atoms with van der Waals surface area (Å²) in [6, 6.07) is 0. The van der Waals surface area contributed by atoms with Gasteiger partial charge in [-0.25, -0.2) is 0 Å². The van der Waals surface area contributed by atoms with Crippen molar-refractivity contribution in [2.45, 2.75) is 38.9 Å². The van der Waals surface area contributed by atoms with Crippen LogP contribution in [-0.2, 0) is 9.47 Å². The number of aliphatic hydroxyl groups excluding tert-OH is 2. The summed E-state index contributed by atoms with van der Waals surface area (Å²) in [5, 5.41) is 20.0. The molecule has 6 N–H and O–H groups in total. The Kier molecular flexibility index (Phi) is 17.8. The maximum Gasteiger partial charge on any atom is 0.0900 e. The molecule has 0 aliphatic rings. The van der Waals surface area contributed by atoms with Gasteiger partial charge in [-0.15, -0.1) is 0 Å². The van der Waals surface area contributed by atoms with Crippen molar-refractivity contribution in [3.63, 3.8) is 0 Å². The SMILES string of the molecule is CCCN(CCC)CC(O)COCCOCC(O)CN(CCN)CCN. The molecule has 0 saturated carbocycles. The van der Waals surface area contributed by atoms with E-state index in [9.17, 15) is 10.2 Å². The number of ether oxygens (including phenoxy) is 2. The molecule has 2 unspecified atom stereocenters. The summed E-state index contributed by atoms with van der Waals surface area (Å²) in [7, 11) is 0. The Morgan fingerprint density at radius 2 is 1.12 bits per heavy atom. The van der Waals surface area contributed by atoms with E-state index in [4.69, 9.17) is 20.9 Å². The van der Waals surface area contributed by atoms with Crippen molar-refractivity contribution >= 4 is 0 Å². The molecule has 0 spiro atoms. The molecule has 0 aliphatic heterocycles. The van der Waals surface area contributed by atoms with Gasteiger partial charge in [0.25, 0.3) is 0 Å². The third-order valence-electron chi connectivity index (χ3n) is 3.90. The quantitative estimate of drug-likeness (QED) is 0.213. The lowest BCUT2D eigenvalue weighted by Crippen LogP contribution is -2.40. The van der Waals surface area contributed by atoms with E-state index in [1.165, 1.54) is 0 Å². The Morgan fingerprint density at radius 3 is 1.46 bits per heavy atom. The van der Waals surface area contributed by atoms with Crippen LogP contribution in [0.2, 0.25) is 0 Å². The van der Waals surface area contributed by atoms with E-state index in [2.05, 4.69) is 18.7 Å². The minimum Gasteiger partial charge on any atom is -0.389 e. The zero-order valence-electron chi connectivity index (χ0n) is 16.8. The number of rotatable bonds is 19. The van der Waals surface area contributed by atoms with Gasteiger partial charge in [-0.3, -0.25) is 4.90 Å². The van der Waals surface area contributed by atoms with Gasteiger partial charge in [-0.2, -0.15) is 0 Å². The molecule has 8 heteroatoms. The second-order valence-electron chi connectivity index (χ2n) is 6.64. The van der Waals surface area contributed by atoms with Crippen molar-refractivity contribution in [1.82, 2.24) is 9.80 Å². The second-order valence-corrected chi connectivity index (χ2v) is 6.64. The van der Waals surface area contributed by atoms with Crippen LogP contribution in [0.4, 0.5) is 0 Å². The van der Waals surface area contributed by atoms with Crippen molar-refractivity contribution in [2.75, 3.05) is 78.8 Å². The highest BCUT2D eigenvalue weighted by Crippen LogP contribution is 1.98. The van der Waals surface area contributed by atoms with Crippen LogP contribution < -0.4 is 11.5 Å². The first kappa shape index (κ1) is 25.7. The highest BCUT2D eigenvalue weighted by atomic mass is 16.5. The van der Waals surface area contributed by atoms with Crippen LogP contribution in [0.15, 0.2) is 0 Å². The molecule has 26 heavy (non-hydrogen) atoms. The molecule has 0 fully saturated rings. The minimum atomic E-state index is -0.574. The van der Waals surface area contributed by atoms with E-state index in [1.807, 2.05) is 4.90 Å². The largest absolute Gasteiger partial charge is 0.389 e. The summed E-state index contributed by atoms with van der Waals surface area (Å²) in [6.45, 7) is 11.3. The standard InChI is InChI=1S/C18H42N4O4/c1-3-7-21(8-4-2)13-17(23)15-25-11-12-26-16-18(24)14-22(9-5-19)10-6-20/h17-18,23-24H,3-16,19-20H2,1-2H3. The lowest BCUT2D eigenvalue weighted by atomic mass is 10.3. The van der Waals surface area contributed by atoms with E-state index in [1.54, 1.807) is 0 Å². The van der Waals surface area contributed by atoms with Gasteiger partial charge in [0, 0.05) is 39.3 Å². The minimum absolute atomic E-state index is 0.248. The van der Waals surface area contributed by atoms with Crippen molar-refractivity contribution in [2.24, 2.45) is 11.5 Å². The van der Waals surface area contributed by atoms with Crippen LogP contribution in [0.1, 0.15) is 26.7 Å². The molecule has 0 aromatic heterocycles. The van der Waals surface area contributed by atoms with Gasteiger partial charge >= 0.3 is 0 Å². The summed E-state index contributed by atoms with van der Waals surface area (Å²) >= 11 is 0. The Labute approximate surface area is 159 Å². The fourth-order valence-electron chi connectivity index (χ4n) is 2.84. The van der Waals surface area contributed by atoms with E-state index in [-0.39, 0.29) is 6.61 Å². The molecular weight excluding hydrogens is 336 g/mol. The Bertz CT molecular complexity index is 260. The molecule has 0 rings (SSSR count). The van der Waals surface area contributed by atoms with Gasteiger partial charge in [0.2, 0.25) is 0 Å². The average molecular weight is 379 g/mol. The zero-order chi connectivity index (χ0) is 19.6. The summed E-state index contributed by atoms with van der Waals surface area (Å²) in [5.41, 5.74) is 11.1. The van der Waals surface area contributed by atoms with E-state index in [0.717, 1.165) is 25.9 Å². The Morgan fingerprint density at radius 1 is 0.731 bits per heavy atom. The summed E-state index contributed by atoms with van der Waals surface area (Å²) in [5.74, 6) is 0. The predicted octanol–water partition coefficient (Wildman–Crippen LogP) is -0.917. The van der Waals surface area contributed by atoms with Crippen LogP contribution >= 0.6 is 0 Å². The first-order valence-electron chi connectivity index (χ1n) is 9.93. The molecule has 0 radical (unpaired) electrons. The lowest BCUT2D eigenvalue weighted by Gasteiger charge is -2.24. The van der Waals surface area contributed by atoms with E-state index < -0.39 is 12.2 Å². The summed E-state index contributed by atoms with van der Waals surface area (Å²) in [4.78, 5) is 4.29. The smallest absolute Gasteiger partial charge is 0.0900 e. The van der Waals surface area contributed by atoms with E-state index >= 15 is 0 Å². The van der Waals surface area contributed by atoms with Crippen molar-refractivity contribution in [1.29, 1.82) is 0 Å². The van der Waals surface area contributed by atoms with E-state index in [0.29, 0.717) is 59.1 Å². The number of aliphatic hydroxyl groups is 2. The molecule has 8 nitrogen and oxygen atoms in total. The molecule has 0 bridgehead atoms. The molecule has 0 aromatic carbocycles. The topological polar surface area (TPSA) is 117 Å². The van der Waals surface area contributed by atoms with Crippen LogP contribution in [0.5, 0.6) is 0 Å². The first-order chi connectivity index (χ1) is 12.6. The van der Waals surface area contributed by atoms with Crippen LogP contribution in [0, 0.1) is 0 Å². The molecule has 0 aromatic rings. The lowest BCUT2D eigenvalue weighted by molar-refractivity contribution is -0.0280. The van der Waals surface area contributed by atoms with Crippen molar-refractivity contribution in [3.8, 4) is 0 Å². The van der Waals surface area contributed by atoms with Crippen LogP contribution in [0.25, 0.3) is 0 Å². The van der Waals surface area contributed by atoms with Gasteiger partial charge in [0.1, 0.15) is 0 Å².